The van der Waals surface area contributed by atoms with Crippen molar-refractivity contribution in [3.8, 4) is 0 Å². The molecule has 0 aromatic rings. The van der Waals surface area contributed by atoms with Gasteiger partial charge in [-0.1, -0.05) is 33.1 Å². The Balaban J connectivity index is 1.84. The first kappa shape index (κ1) is 8.32. The first-order chi connectivity index (χ1) is 6.17. The predicted octanol–water partition coefficient (Wildman–Crippen LogP) is 4.00. The molecule has 0 aliphatic heterocycles. The SMILES string of the molecule is CC1(C)[C@H]2CCC3(CCCCC3)[C@H]21. The van der Waals surface area contributed by atoms with E-state index in [1.165, 1.54) is 19.3 Å². The fourth-order valence-electron chi connectivity index (χ4n) is 4.91. The first-order valence-corrected chi connectivity index (χ1v) is 6.17. The topological polar surface area (TPSA) is 0 Å². The summed E-state index contributed by atoms with van der Waals surface area (Å²) in [6, 6.07) is 0. The van der Waals surface area contributed by atoms with E-state index in [9.17, 15) is 0 Å². The molecule has 0 bridgehead atoms. The lowest BCUT2D eigenvalue weighted by Crippen LogP contribution is -2.26. The molecule has 0 unspecified atom stereocenters. The van der Waals surface area contributed by atoms with Crippen LogP contribution < -0.4 is 0 Å². The van der Waals surface area contributed by atoms with Crippen LogP contribution in [-0.4, -0.2) is 0 Å². The Labute approximate surface area is 82.1 Å². The molecule has 0 aromatic carbocycles. The summed E-state index contributed by atoms with van der Waals surface area (Å²) in [6.45, 7) is 5.02. The quantitative estimate of drug-likeness (QED) is 0.526. The molecule has 0 saturated heterocycles. The zero-order valence-corrected chi connectivity index (χ0v) is 9.10. The maximum Gasteiger partial charge on any atom is -0.0261 e. The summed E-state index contributed by atoms with van der Waals surface area (Å²) >= 11 is 0. The van der Waals surface area contributed by atoms with Gasteiger partial charge >= 0.3 is 0 Å². The third-order valence-corrected chi connectivity index (χ3v) is 5.51. The predicted molar refractivity (Wildman–Crippen MR) is 55.5 cm³/mol. The third kappa shape index (κ3) is 0.926. The average Bonchev–Trinajstić information content (AvgIpc) is 2.50. The minimum atomic E-state index is 0.732. The van der Waals surface area contributed by atoms with Crippen LogP contribution in [0.2, 0.25) is 0 Å². The van der Waals surface area contributed by atoms with Crippen molar-refractivity contribution < 1.29 is 0 Å². The second-order valence-electron chi connectivity index (χ2n) is 6.37. The molecular weight excluding hydrogens is 156 g/mol. The van der Waals surface area contributed by atoms with Crippen LogP contribution in [-0.2, 0) is 0 Å². The summed E-state index contributed by atoms with van der Waals surface area (Å²) in [5, 5.41) is 0. The van der Waals surface area contributed by atoms with Gasteiger partial charge < -0.3 is 0 Å². The molecule has 13 heavy (non-hydrogen) atoms. The average molecular weight is 178 g/mol. The normalized spacial score (nSPS) is 44.8. The highest BCUT2D eigenvalue weighted by molar-refractivity contribution is 5.17. The number of hydrogen-bond acceptors (Lipinski definition) is 0. The van der Waals surface area contributed by atoms with E-state index in [4.69, 9.17) is 0 Å². The Hall–Kier alpha value is 0. The van der Waals surface area contributed by atoms with E-state index in [1.54, 1.807) is 25.7 Å². The van der Waals surface area contributed by atoms with Crippen molar-refractivity contribution in [3.05, 3.63) is 0 Å². The van der Waals surface area contributed by atoms with Gasteiger partial charge in [-0.3, -0.25) is 0 Å². The van der Waals surface area contributed by atoms with Crippen molar-refractivity contribution in [2.24, 2.45) is 22.7 Å². The summed E-state index contributed by atoms with van der Waals surface area (Å²) in [5.41, 5.74) is 1.57. The third-order valence-electron chi connectivity index (χ3n) is 5.51. The highest BCUT2D eigenvalue weighted by Crippen LogP contribution is 2.76. The zero-order chi connectivity index (χ0) is 9.10. The molecule has 0 aromatic heterocycles. The molecule has 3 aliphatic rings. The molecular formula is C13H22. The Morgan fingerprint density at radius 3 is 2.15 bits per heavy atom. The van der Waals surface area contributed by atoms with Gasteiger partial charge in [-0.2, -0.15) is 0 Å². The molecule has 0 radical (unpaired) electrons. The van der Waals surface area contributed by atoms with Gasteiger partial charge in [-0.05, 0) is 48.3 Å². The van der Waals surface area contributed by atoms with Crippen LogP contribution in [0.5, 0.6) is 0 Å². The van der Waals surface area contributed by atoms with Crippen LogP contribution in [0.4, 0.5) is 0 Å². The van der Waals surface area contributed by atoms with Crippen molar-refractivity contribution in [1.29, 1.82) is 0 Å². The molecule has 3 fully saturated rings. The lowest BCUT2D eigenvalue weighted by atomic mass is 9.68. The molecule has 3 rings (SSSR count). The second-order valence-corrected chi connectivity index (χ2v) is 6.37. The van der Waals surface area contributed by atoms with Crippen molar-refractivity contribution in [1.82, 2.24) is 0 Å². The van der Waals surface area contributed by atoms with Gasteiger partial charge in [0.05, 0.1) is 0 Å². The van der Waals surface area contributed by atoms with E-state index in [-0.39, 0.29) is 0 Å². The van der Waals surface area contributed by atoms with Gasteiger partial charge in [0.15, 0.2) is 0 Å². The van der Waals surface area contributed by atoms with Crippen LogP contribution in [0.25, 0.3) is 0 Å². The number of rotatable bonds is 0. The van der Waals surface area contributed by atoms with E-state index in [1.807, 2.05) is 0 Å². The minimum absolute atomic E-state index is 0.732. The molecule has 1 spiro atoms. The van der Waals surface area contributed by atoms with Gasteiger partial charge in [0.2, 0.25) is 0 Å². The van der Waals surface area contributed by atoms with Crippen molar-refractivity contribution in [2.45, 2.75) is 58.8 Å². The summed E-state index contributed by atoms with van der Waals surface area (Å²) in [5.74, 6) is 2.24. The van der Waals surface area contributed by atoms with Crippen LogP contribution in [0.15, 0.2) is 0 Å². The highest BCUT2D eigenvalue weighted by atomic mass is 14.7. The van der Waals surface area contributed by atoms with Gasteiger partial charge in [0.1, 0.15) is 0 Å². The molecule has 2 atom stereocenters. The highest BCUT2D eigenvalue weighted by Gasteiger charge is 2.69. The smallest absolute Gasteiger partial charge is 0.0261 e. The Morgan fingerprint density at radius 1 is 0.923 bits per heavy atom. The Kier molecular flexibility index (Phi) is 1.49. The van der Waals surface area contributed by atoms with Crippen molar-refractivity contribution in [3.63, 3.8) is 0 Å². The maximum absolute atomic E-state index is 2.51. The molecule has 74 valence electrons. The zero-order valence-electron chi connectivity index (χ0n) is 9.10. The molecule has 0 amide bonds. The van der Waals surface area contributed by atoms with Gasteiger partial charge in [-0.15, -0.1) is 0 Å². The largest absolute Gasteiger partial charge is 0.0593 e. The van der Waals surface area contributed by atoms with E-state index in [2.05, 4.69) is 13.8 Å². The van der Waals surface area contributed by atoms with Crippen LogP contribution in [0, 0.1) is 22.7 Å². The maximum atomic E-state index is 2.51. The van der Waals surface area contributed by atoms with E-state index < -0.39 is 0 Å². The molecule has 0 N–H and O–H groups in total. The molecule has 0 heteroatoms. The van der Waals surface area contributed by atoms with E-state index in [0.29, 0.717) is 0 Å². The van der Waals surface area contributed by atoms with Gasteiger partial charge in [0.25, 0.3) is 0 Å². The monoisotopic (exact) mass is 178 g/mol. The summed E-state index contributed by atoms with van der Waals surface area (Å²) in [7, 11) is 0. The fraction of sp³-hybridized carbons (Fsp3) is 1.00. The standard InChI is InChI=1S/C13H22/c1-12(2)10-6-9-13(11(10)12)7-4-3-5-8-13/h10-11H,3-9H2,1-2H3/t10-,11+/m0/s1. The van der Waals surface area contributed by atoms with Crippen molar-refractivity contribution >= 4 is 0 Å². The van der Waals surface area contributed by atoms with Crippen LogP contribution >= 0.6 is 0 Å². The fourth-order valence-corrected chi connectivity index (χ4v) is 4.91. The van der Waals surface area contributed by atoms with Gasteiger partial charge in [-0.25, -0.2) is 0 Å². The lowest BCUT2D eigenvalue weighted by molar-refractivity contribution is 0.134. The Morgan fingerprint density at radius 2 is 1.62 bits per heavy atom. The summed E-state index contributed by atoms with van der Waals surface area (Å²) in [4.78, 5) is 0. The molecule has 0 nitrogen and oxygen atoms in total. The van der Waals surface area contributed by atoms with E-state index >= 15 is 0 Å². The minimum Gasteiger partial charge on any atom is -0.0593 e. The number of fused-ring (bicyclic) bond motifs is 2. The van der Waals surface area contributed by atoms with Crippen molar-refractivity contribution in [2.75, 3.05) is 0 Å². The van der Waals surface area contributed by atoms with Crippen LogP contribution in [0.1, 0.15) is 58.8 Å². The molecule has 0 heterocycles. The Bertz CT molecular complexity index is 220. The van der Waals surface area contributed by atoms with E-state index in [0.717, 1.165) is 22.7 Å². The van der Waals surface area contributed by atoms with Crippen LogP contribution in [0.3, 0.4) is 0 Å². The summed E-state index contributed by atoms with van der Waals surface area (Å²) in [6.07, 6.45) is 10.8. The number of hydrogen-bond donors (Lipinski definition) is 0. The summed E-state index contributed by atoms with van der Waals surface area (Å²) < 4.78 is 0. The molecule has 3 aliphatic carbocycles. The van der Waals surface area contributed by atoms with Gasteiger partial charge in [0, 0.05) is 0 Å². The first-order valence-electron chi connectivity index (χ1n) is 6.17. The lowest BCUT2D eigenvalue weighted by Gasteiger charge is -2.37. The second kappa shape index (κ2) is 2.32. The molecule has 3 saturated carbocycles.